The zero-order valence-electron chi connectivity index (χ0n) is 26.2. The van der Waals surface area contributed by atoms with E-state index in [1.165, 1.54) is 6.08 Å². The summed E-state index contributed by atoms with van der Waals surface area (Å²) in [5.41, 5.74) is 1.65. The highest BCUT2D eigenvalue weighted by Gasteiger charge is 2.31. The van der Waals surface area contributed by atoms with Crippen LogP contribution in [0.15, 0.2) is 84.9 Å². The van der Waals surface area contributed by atoms with Gasteiger partial charge in [-0.3, -0.25) is 19.2 Å². The van der Waals surface area contributed by atoms with Crippen LogP contribution < -0.4 is 21.3 Å². The van der Waals surface area contributed by atoms with Gasteiger partial charge in [0.2, 0.25) is 17.7 Å². The lowest BCUT2D eigenvalue weighted by Gasteiger charge is -2.26. The fourth-order valence-electron chi connectivity index (χ4n) is 5.61. The number of benzene rings is 3. The third-order valence-electron chi connectivity index (χ3n) is 7.92. The van der Waals surface area contributed by atoms with Crippen LogP contribution in [-0.4, -0.2) is 54.8 Å². The van der Waals surface area contributed by atoms with Gasteiger partial charge in [0.15, 0.2) is 0 Å². The number of hydrogen-bond donors (Lipinski definition) is 4. The van der Waals surface area contributed by atoms with Crippen LogP contribution in [-0.2, 0) is 36.9 Å². The second-order valence-electron chi connectivity index (χ2n) is 11.9. The van der Waals surface area contributed by atoms with E-state index in [4.69, 9.17) is 4.74 Å². The van der Waals surface area contributed by atoms with Gasteiger partial charge in [0, 0.05) is 24.9 Å². The van der Waals surface area contributed by atoms with E-state index >= 15 is 0 Å². The molecule has 0 radical (unpaired) electrons. The maximum absolute atomic E-state index is 13.9. The Morgan fingerprint density at radius 2 is 1.63 bits per heavy atom. The first kappa shape index (κ1) is 33.9. The quantitative estimate of drug-likeness (QED) is 0.149. The number of alkyl carbamates (subject to hydrolysis) is 1. The summed E-state index contributed by atoms with van der Waals surface area (Å²) >= 11 is 0. The van der Waals surface area contributed by atoms with Crippen molar-refractivity contribution in [2.24, 2.45) is 11.8 Å². The molecule has 4 rings (SSSR count). The highest BCUT2D eigenvalue weighted by atomic mass is 16.5. The van der Waals surface area contributed by atoms with E-state index < -0.39 is 36.0 Å². The molecule has 242 valence electrons. The van der Waals surface area contributed by atoms with E-state index in [1.807, 2.05) is 86.6 Å². The molecule has 0 aromatic heterocycles. The van der Waals surface area contributed by atoms with Gasteiger partial charge in [0.1, 0.15) is 25.0 Å². The molecule has 4 N–H and O–H groups in total. The van der Waals surface area contributed by atoms with E-state index in [1.54, 1.807) is 6.08 Å². The average Bonchev–Trinajstić information content (AvgIpc) is 3.45. The predicted molar refractivity (Wildman–Crippen MR) is 175 cm³/mol. The number of allylic oxidation sites excluding steroid dienone is 1. The first-order chi connectivity index (χ1) is 22.2. The monoisotopic (exact) mass is 626 g/mol. The summed E-state index contributed by atoms with van der Waals surface area (Å²) in [4.78, 5) is 63.7. The molecular weight excluding hydrogens is 584 g/mol. The maximum Gasteiger partial charge on any atom is 0.408 e. The number of rotatable bonds is 15. The van der Waals surface area contributed by atoms with E-state index in [-0.39, 0.29) is 30.8 Å². The molecule has 4 amide bonds. The zero-order chi connectivity index (χ0) is 32.9. The number of ether oxygens (including phenoxy) is 1. The standard InChI is InChI=1S/C36H42N4O6/c1-24(2)20-31(34(43)38-29(15-9-19-41)21-28-17-18-37-33(28)42)39-35(44)32(40-36(45)46-23-25-10-4-3-5-11-25)22-27-14-8-13-26-12-6-7-16-30(26)27/h3-16,19,24,28-29,31-32H,17-18,20-23H2,1-2H3,(H,37,42)(H,38,43)(H,39,44)(H,40,45)/b15-9+/t28-,29+,31-,32-/m0/s1. The summed E-state index contributed by atoms with van der Waals surface area (Å²) in [6, 6.07) is 20.2. The lowest BCUT2D eigenvalue weighted by atomic mass is 9.96. The number of carbonyl (C=O) groups is 5. The van der Waals surface area contributed by atoms with Gasteiger partial charge in [-0.2, -0.15) is 0 Å². The smallest absolute Gasteiger partial charge is 0.408 e. The molecule has 10 heteroatoms. The minimum absolute atomic E-state index is 0.0301. The van der Waals surface area contributed by atoms with Crippen LogP contribution in [0.4, 0.5) is 4.79 Å². The van der Waals surface area contributed by atoms with Crippen LogP contribution in [0.1, 0.15) is 44.2 Å². The molecule has 3 aromatic carbocycles. The zero-order valence-corrected chi connectivity index (χ0v) is 26.2. The molecule has 1 fully saturated rings. The molecule has 0 bridgehead atoms. The average molecular weight is 627 g/mol. The van der Waals surface area contributed by atoms with Crippen molar-refractivity contribution in [1.82, 2.24) is 21.3 Å². The number of amides is 4. The minimum atomic E-state index is -1.05. The molecule has 46 heavy (non-hydrogen) atoms. The molecule has 3 aromatic rings. The molecule has 1 aliphatic heterocycles. The van der Waals surface area contributed by atoms with Gasteiger partial charge in [-0.05, 0) is 53.2 Å². The van der Waals surface area contributed by atoms with E-state index in [2.05, 4.69) is 21.3 Å². The minimum Gasteiger partial charge on any atom is -0.445 e. The highest BCUT2D eigenvalue weighted by molar-refractivity contribution is 5.93. The highest BCUT2D eigenvalue weighted by Crippen LogP contribution is 2.21. The van der Waals surface area contributed by atoms with Crippen molar-refractivity contribution < 1.29 is 28.7 Å². The van der Waals surface area contributed by atoms with Gasteiger partial charge in [0.05, 0.1) is 0 Å². The van der Waals surface area contributed by atoms with Crippen LogP contribution in [0.3, 0.4) is 0 Å². The summed E-state index contributed by atoms with van der Waals surface area (Å²) in [5, 5.41) is 13.2. The largest absolute Gasteiger partial charge is 0.445 e. The number of fused-ring (bicyclic) bond motifs is 1. The van der Waals surface area contributed by atoms with E-state index in [0.717, 1.165) is 21.9 Å². The lowest BCUT2D eigenvalue weighted by molar-refractivity contribution is -0.130. The van der Waals surface area contributed by atoms with E-state index in [9.17, 15) is 24.0 Å². The predicted octanol–water partition coefficient (Wildman–Crippen LogP) is 3.97. The third-order valence-corrected chi connectivity index (χ3v) is 7.92. The van der Waals surface area contributed by atoms with Crippen molar-refractivity contribution in [3.8, 4) is 0 Å². The Morgan fingerprint density at radius 1 is 0.913 bits per heavy atom. The molecule has 1 aliphatic rings. The molecule has 4 atom stereocenters. The number of carbonyl (C=O) groups excluding carboxylic acids is 5. The Balaban J connectivity index is 1.52. The molecule has 0 spiro atoms. The SMILES string of the molecule is CC(C)C[C@H](NC(=O)[C@H](Cc1cccc2ccccc12)NC(=O)OCc1ccccc1)C(=O)N[C@H](/C=C/C=O)C[C@@H]1CCNC1=O. The second-order valence-corrected chi connectivity index (χ2v) is 11.9. The Kier molecular flexibility index (Phi) is 12.5. The molecule has 10 nitrogen and oxygen atoms in total. The van der Waals surface area contributed by atoms with Crippen molar-refractivity contribution in [1.29, 1.82) is 0 Å². The lowest BCUT2D eigenvalue weighted by Crippen LogP contribution is -2.55. The van der Waals surface area contributed by atoms with Gasteiger partial charge < -0.3 is 26.0 Å². The van der Waals surface area contributed by atoms with Gasteiger partial charge >= 0.3 is 6.09 Å². The summed E-state index contributed by atoms with van der Waals surface area (Å²) in [6.07, 6.45) is 4.13. The van der Waals surface area contributed by atoms with Gasteiger partial charge in [-0.15, -0.1) is 0 Å². The maximum atomic E-state index is 13.9. The Morgan fingerprint density at radius 3 is 2.35 bits per heavy atom. The van der Waals surface area contributed by atoms with Crippen LogP contribution in [0.5, 0.6) is 0 Å². The summed E-state index contributed by atoms with van der Waals surface area (Å²) in [6.45, 7) is 4.46. The van der Waals surface area contributed by atoms with Crippen LogP contribution in [0.25, 0.3) is 10.8 Å². The van der Waals surface area contributed by atoms with Crippen molar-refractivity contribution in [2.45, 2.75) is 64.3 Å². The normalized spacial score (nSPS) is 16.4. The molecule has 0 saturated carbocycles. The number of nitrogens with one attached hydrogen (secondary N) is 4. The van der Waals surface area contributed by atoms with Crippen LogP contribution >= 0.6 is 0 Å². The number of aldehydes is 1. The van der Waals surface area contributed by atoms with Crippen LogP contribution in [0, 0.1) is 11.8 Å². The summed E-state index contributed by atoms with van der Waals surface area (Å²) in [5.74, 6) is -1.33. The Bertz CT molecular complexity index is 1530. The van der Waals surface area contributed by atoms with Gasteiger partial charge in [-0.1, -0.05) is 92.7 Å². The van der Waals surface area contributed by atoms with Crippen molar-refractivity contribution in [2.75, 3.05) is 6.54 Å². The Hall–Kier alpha value is -4.99. The van der Waals surface area contributed by atoms with E-state index in [0.29, 0.717) is 32.1 Å². The molecular formula is C36H42N4O6. The fourth-order valence-corrected chi connectivity index (χ4v) is 5.61. The van der Waals surface area contributed by atoms with Crippen molar-refractivity contribution in [3.63, 3.8) is 0 Å². The van der Waals surface area contributed by atoms with Crippen molar-refractivity contribution in [3.05, 3.63) is 96.1 Å². The molecule has 0 aliphatic carbocycles. The number of hydrogen-bond acceptors (Lipinski definition) is 6. The Labute approximate surface area is 269 Å². The van der Waals surface area contributed by atoms with Crippen molar-refractivity contribution >= 4 is 40.9 Å². The molecule has 1 saturated heterocycles. The second kappa shape index (κ2) is 16.9. The van der Waals surface area contributed by atoms with Gasteiger partial charge in [-0.25, -0.2) is 4.79 Å². The molecule has 0 unspecified atom stereocenters. The first-order valence-corrected chi connectivity index (χ1v) is 15.7. The third kappa shape index (κ3) is 10.0. The summed E-state index contributed by atoms with van der Waals surface area (Å²) in [7, 11) is 0. The topological polar surface area (TPSA) is 143 Å². The molecule has 1 heterocycles. The fraction of sp³-hybridized carbons (Fsp3) is 0.361. The summed E-state index contributed by atoms with van der Waals surface area (Å²) < 4.78 is 5.43. The first-order valence-electron chi connectivity index (χ1n) is 15.7. The van der Waals surface area contributed by atoms with Crippen LogP contribution in [0.2, 0.25) is 0 Å². The van der Waals surface area contributed by atoms with Gasteiger partial charge in [0.25, 0.3) is 0 Å².